The molecule has 2 atom stereocenters. The highest BCUT2D eigenvalue weighted by Gasteiger charge is 2.37. The van der Waals surface area contributed by atoms with Gasteiger partial charge in [0.25, 0.3) is 0 Å². The predicted octanol–water partition coefficient (Wildman–Crippen LogP) is 3.52. The van der Waals surface area contributed by atoms with Gasteiger partial charge in [-0.15, -0.1) is 0 Å². The van der Waals surface area contributed by atoms with E-state index in [1.165, 1.54) is 25.7 Å². The molecule has 1 aliphatic rings. The van der Waals surface area contributed by atoms with Crippen LogP contribution in [-0.4, -0.2) is 4.75 Å². The first-order chi connectivity index (χ1) is 5.09. The summed E-state index contributed by atoms with van der Waals surface area (Å²) in [6, 6.07) is 0. The Balaban J connectivity index is 2.55. The fourth-order valence-corrected chi connectivity index (χ4v) is 2.97. The number of thiol groups is 1. The highest BCUT2D eigenvalue weighted by atomic mass is 32.1. The number of hydrogen-bond donors (Lipinski definition) is 1. The SMILES string of the molecule is CCC1CC(C)(S)CC1CC. The van der Waals surface area contributed by atoms with Gasteiger partial charge in [0.1, 0.15) is 0 Å². The molecule has 0 nitrogen and oxygen atoms in total. The molecule has 0 saturated heterocycles. The second-order valence-corrected chi connectivity index (χ2v) is 5.32. The molecule has 0 heterocycles. The lowest BCUT2D eigenvalue weighted by Gasteiger charge is -2.14. The van der Waals surface area contributed by atoms with Gasteiger partial charge >= 0.3 is 0 Å². The Morgan fingerprint density at radius 1 is 1.18 bits per heavy atom. The van der Waals surface area contributed by atoms with Crippen LogP contribution in [0.25, 0.3) is 0 Å². The van der Waals surface area contributed by atoms with E-state index in [1.54, 1.807) is 0 Å². The lowest BCUT2D eigenvalue weighted by atomic mass is 9.92. The highest BCUT2D eigenvalue weighted by molar-refractivity contribution is 7.81. The molecule has 0 aromatic rings. The van der Waals surface area contributed by atoms with Crippen molar-refractivity contribution in [3.05, 3.63) is 0 Å². The van der Waals surface area contributed by atoms with Crippen LogP contribution in [0.5, 0.6) is 0 Å². The minimum atomic E-state index is 0.335. The quantitative estimate of drug-likeness (QED) is 0.605. The van der Waals surface area contributed by atoms with E-state index in [9.17, 15) is 0 Å². The molecule has 11 heavy (non-hydrogen) atoms. The van der Waals surface area contributed by atoms with Crippen LogP contribution >= 0.6 is 12.6 Å². The Bertz CT molecular complexity index is 115. The van der Waals surface area contributed by atoms with E-state index >= 15 is 0 Å². The minimum Gasteiger partial charge on any atom is -0.173 e. The summed E-state index contributed by atoms with van der Waals surface area (Å²) in [5, 5.41) is 0. The summed E-state index contributed by atoms with van der Waals surface area (Å²) in [4.78, 5) is 0. The van der Waals surface area contributed by atoms with Gasteiger partial charge < -0.3 is 0 Å². The second kappa shape index (κ2) is 3.38. The van der Waals surface area contributed by atoms with Crippen LogP contribution in [0.1, 0.15) is 46.5 Å². The summed E-state index contributed by atoms with van der Waals surface area (Å²) >= 11 is 4.68. The summed E-state index contributed by atoms with van der Waals surface area (Å²) < 4.78 is 0.335. The van der Waals surface area contributed by atoms with E-state index in [0.717, 1.165) is 11.8 Å². The van der Waals surface area contributed by atoms with Crippen molar-refractivity contribution in [1.29, 1.82) is 0 Å². The maximum Gasteiger partial charge on any atom is 0.0107 e. The van der Waals surface area contributed by atoms with Crippen molar-refractivity contribution in [2.45, 2.75) is 51.2 Å². The molecule has 0 N–H and O–H groups in total. The molecule has 0 aliphatic heterocycles. The third-order valence-corrected chi connectivity index (χ3v) is 3.48. The summed E-state index contributed by atoms with van der Waals surface area (Å²) in [5.74, 6) is 1.89. The molecule has 66 valence electrons. The van der Waals surface area contributed by atoms with Gasteiger partial charge in [0.15, 0.2) is 0 Å². The van der Waals surface area contributed by atoms with Crippen molar-refractivity contribution in [3.8, 4) is 0 Å². The standard InChI is InChI=1S/C10H20S/c1-4-8-6-10(3,11)7-9(8)5-2/h8-9,11H,4-7H2,1-3H3. The molecule has 1 aliphatic carbocycles. The van der Waals surface area contributed by atoms with Crippen LogP contribution in [0.15, 0.2) is 0 Å². The number of rotatable bonds is 2. The van der Waals surface area contributed by atoms with E-state index in [0.29, 0.717) is 4.75 Å². The topological polar surface area (TPSA) is 0 Å². The Labute approximate surface area is 76.2 Å². The van der Waals surface area contributed by atoms with Gasteiger partial charge in [0.2, 0.25) is 0 Å². The fourth-order valence-electron chi connectivity index (χ4n) is 2.50. The molecule has 1 fully saturated rings. The predicted molar refractivity (Wildman–Crippen MR) is 54.2 cm³/mol. The highest BCUT2D eigenvalue weighted by Crippen LogP contribution is 2.45. The van der Waals surface area contributed by atoms with Crippen molar-refractivity contribution < 1.29 is 0 Å². The average molecular weight is 172 g/mol. The summed E-state index contributed by atoms with van der Waals surface area (Å²) in [7, 11) is 0. The zero-order chi connectivity index (χ0) is 8.48. The van der Waals surface area contributed by atoms with Crippen LogP contribution in [0.2, 0.25) is 0 Å². The van der Waals surface area contributed by atoms with Gasteiger partial charge in [-0.3, -0.25) is 0 Å². The van der Waals surface area contributed by atoms with E-state index in [-0.39, 0.29) is 0 Å². The van der Waals surface area contributed by atoms with Gasteiger partial charge in [0, 0.05) is 4.75 Å². The first-order valence-corrected chi connectivity index (χ1v) is 5.26. The molecule has 1 heteroatoms. The smallest absolute Gasteiger partial charge is 0.0107 e. The lowest BCUT2D eigenvalue weighted by Crippen LogP contribution is -2.10. The molecular formula is C10H20S. The first-order valence-electron chi connectivity index (χ1n) is 4.81. The zero-order valence-corrected chi connectivity index (χ0v) is 8.82. The molecule has 0 spiro atoms. The van der Waals surface area contributed by atoms with E-state index in [4.69, 9.17) is 0 Å². The Morgan fingerprint density at radius 3 is 1.82 bits per heavy atom. The third-order valence-electron chi connectivity index (χ3n) is 3.12. The van der Waals surface area contributed by atoms with Gasteiger partial charge in [-0.1, -0.05) is 33.6 Å². The molecule has 0 amide bonds. The largest absolute Gasteiger partial charge is 0.173 e. The Kier molecular flexibility index (Phi) is 2.90. The molecule has 0 aromatic carbocycles. The first kappa shape index (κ1) is 9.44. The van der Waals surface area contributed by atoms with Gasteiger partial charge in [-0.25, -0.2) is 0 Å². The molecule has 0 bridgehead atoms. The molecule has 0 radical (unpaired) electrons. The second-order valence-electron chi connectivity index (χ2n) is 4.24. The van der Waals surface area contributed by atoms with Gasteiger partial charge in [-0.2, -0.15) is 12.6 Å². The normalized spacial score (nSPS) is 44.7. The van der Waals surface area contributed by atoms with E-state index in [1.807, 2.05) is 0 Å². The van der Waals surface area contributed by atoms with Crippen molar-refractivity contribution in [3.63, 3.8) is 0 Å². The van der Waals surface area contributed by atoms with Crippen molar-refractivity contribution in [2.75, 3.05) is 0 Å². The van der Waals surface area contributed by atoms with Crippen LogP contribution in [0.3, 0.4) is 0 Å². The zero-order valence-electron chi connectivity index (χ0n) is 7.93. The van der Waals surface area contributed by atoms with Crippen molar-refractivity contribution in [1.82, 2.24) is 0 Å². The van der Waals surface area contributed by atoms with Crippen molar-refractivity contribution >= 4 is 12.6 Å². The Hall–Kier alpha value is 0.350. The molecule has 2 unspecified atom stereocenters. The van der Waals surface area contributed by atoms with E-state index in [2.05, 4.69) is 33.4 Å². The maximum absolute atomic E-state index is 4.68. The summed E-state index contributed by atoms with van der Waals surface area (Å²) in [6.07, 6.45) is 5.33. The molecule has 1 rings (SSSR count). The monoisotopic (exact) mass is 172 g/mol. The van der Waals surface area contributed by atoms with E-state index < -0.39 is 0 Å². The maximum atomic E-state index is 4.68. The fraction of sp³-hybridized carbons (Fsp3) is 1.00. The van der Waals surface area contributed by atoms with Crippen LogP contribution in [0, 0.1) is 11.8 Å². The Morgan fingerprint density at radius 2 is 1.55 bits per heavy atom. The van der Waals surface area contributed by atoms with Crippen LogP contribution < -0.4 is 0 Å². The third kappa shape index (κ3) is 2.14. The molecule has 1 saturated carbocycles. The van der Waals surface area contributed by atoms with Crippen molar-refractivity contribution in [2.24, 2.45) is 11.8 Å². The van der Waals surface area contributed by atoms with Crippen LogP contribution in [-0.2, 0) is 0 Å². The minimum absolute atomic E-state index is 0.335. The van der Waals surface area contributed by atoms with Gasteiger partial charge in [-0.05, 0) is 24.7 Å². The van der Waals surface area contributed by atoms with Crippen LogP contribution in [0.4, 0.5) is 0 Å². The number of hydrogen-bond acceptors (Lipinski definition) is 1. The van der Waals surface area contributed by atoms with Gasteiger partial charge in [0.05, 0.1) is 0 Å². The molecule has 0 aromatic heterocycles. The average Bonchev–Trinajstić information content (AvgIpc) is 2.25. The lowest BCUT2D eigenvalue weighted by molar-refractivity contribution is 0.367. The summed E-state index contributed by atoms with van der Waals surface area (Å²) in [5.41, 5.74) is 0. The molecular weight excluding hydrogens is 152 g/mol. The summed E-state index contributed by atoms with van der Waals surface area (Å²) in [6.45, 7) is 6.90.